The quantitative estimate of drug-likeness (QED) is 0.470. The van der Waals surface area contributed by atoms with E-state index in [1.54, 1.807) is 11.0 Å². The number of ether oxygens (including phenoxy) is 2. The van der Waals surface area contributed by atoms with Crippen LogP contribution < -0.4 is 4.90 Å². The molecule has 12 nitrogen and oxygen atoms in total. The number of piperazine rings is 1. The van der Waals surface area contributed by atoms with Crippen LogP contribution in [0.2, 0.25) is 0 Å². The summed E-state index contributed by atoms with van der Waals surface area (Å²) in [7, 11) is -3.82. The summed E-state index contributed by atoms with van der Waals surface area (Å²) >= 11 is 0. The van der Waals surface area contributed by atoms with E-state index in [0.29, 0.717) is 58.1 Å². The molecule has 4 fully saturated rings. The van der Waals surface area contributed by atoms with Gasteiger partial charge in [-0.2, -0.15) is 9.57 Å². The molecule has 0 unspecified atom stereocenters. The molecule has 1 aliphatic carbocycles. The van der Waals surface area contributed by atoms with Gasteiger partial charge in [0, 0.05) is 64.6 Å². The van der Waals surface area contributed by atoms with Gasteiger partial charge in [-0.1, -0.05) is 0 Å². The summed E-state index contributed by atoms with van der Waals surface area (Å²) in [6.45, 7) is 8.16. The average molecular weight is 590 g/mol. The number of fused-ring (bicyclic) bond motifs is 1. The molecule has 4 aliphatic rings. The molecule has 1 amide bonds. The zero-order valence-corrected chi connectivity index (χ0v) is 24.4. The minimum atomic E-state index is -3.82. The Morgan fingerprint density at radius 3 is 2.34 bits per heavy atom. The Bertz CT molecular complexity index is 1270. The first kappa shape index (κ1) is 29.6. The number of aliphatic carboxylic acids is 1. The molecule has 1 aromatic rings. The number of sulfonamides is 1. The lowest BCUT2D eigenvalue weighted by atomic mass is 9.87. The van der Waals surface area contributed by atoms with E-state index in [2.05, 4.69) is 15.9 Å². The van der Waals surface area contributed by atoms with E-state index in [-0.39, 0.29) is 37.8 Å². The first-order valence-electron chi connectivity index (χ1n) is 14.3. The number of morpholine rings is 1. The van der Waals surface area contributed by atoms with Crippen LogP contribution in [0.5, 0.6) is 0 Å². The Morgan fingerprint density at radius 2 is 1.76 bits per heavy atom. The van der Waals surface area contributed by atoms with Gasteiger partial charge >= 0.3 is 12.1 Å². The van der Waals surface area contributed by atoms with Crippen LogP contribution in [0.3, 0.4) is 0 Å². The molecule has 3 heterocycles. The average Bonchev–Trinajstić information content (AvgIpc) is 3.50. The fourth-order valence-electron chi connectivity index (χ4n) is 6.90. The largest absolute Gasteiger partial charge is 0.481 e. The van der Waals surface area contributed by atoms with Gasteiger partial charge in [-0.25, -0.2) is 13.2 Å². The highest BCUT2D eigenvalue weighted by atomic mass is 32.2. The Labute approximate surface area is 241 Å². The third kappa shape index (κ3) is 6.45. The van der Waals surface area contributed by atoms with Crippen LogP contribution in [0.4, 0.5) is 10.5 Å². The van der Waals surface area contributed by atoms with Gasteiger partial charge in [-0.15, -0.1) is 0 Å². The van der Waals surface area contributed by atoms with Crippen LogP contribution in [0, 0.1) is 35.5 Å². The van der Waals surface area contributed by atoms with Crippen molar-refractivity contribution in [2.24, 2.45) is 17.3 Å². The predicted molar refractivity (Wildman–Crippen MR) is 150 cm³/mol. The van der Waals surface area contributed by atoms with E-state index in [1.165, 1.54) is 4.31 Å². The molecular weight excluding hydrogens is 550 g/mol. The lowest BCUT2D eigenvalue weighted by molar-refractivity contribution is -0.147. The zero-order chi connectivity index (χ0) is 29.2. The lowest BCUT2D eigenvalue weighted by Crippen LogP contribution is -2.52. The maximum absolute atomic E-state index is 13.5. The van der Waals surface area contributed by atoms with Gasteiger partial charge in [0.2, 0.25) is 10.0 Å². The van der Waals surface area contributed by atoms with E-state index >= 15 is 0 Å². The Hall–Kier alpha value is -2.92. The van der Waals surface area contributed by atoms with Crippen molar-refractivity contribution in [3.8, 4) is 6.07 Å². The fourth-order valence-corrected chi connectivity index (χ4v) is 8.86. The third-order valence-electron chi connectivity index (χ3n) is 9.09. The first-order chi connectivity index (χ1) is 19.6. The molecule has 1 N–H and O–H groups in total. The monoisotopic (exact) mass is 589 g/mol. The summed E-state index contributed by atoms with van der Waals surface area (Å²) in [6, 6.07) is 7.59. The maximum atomic E-state index is 13.5. The number of hydrogen-bond acceptors (Lipinski definition) is 9. The summed E-state index contributed by atoms with van der Waals surface area (Å²) < 4.78 is 39.2. The summed E-state index contributed by atoms with van der Waals surface area (Å²) in [6.07, 6.45) is 0.0686. The summed E-state index contributed by atoms with van der Waals surface area (Å²) in [5.41, 5.74) is 1.14. The normalized spacial score (nSPS) is 25.1. The van der Waals surface area contributed by atoms with Gasteiger partial charge in [0.15, 0.2) is 0 Å². The van der Waals surface area contributed by atoms with Gasteiger partial charge < -0.3 is 24.4 Å². The van der Waals surface area contributed by atoms with E-state index in [4.69, 9.17) is 14.7 Å². The molecule has 2 atom stereocenters. The number of anilines is 1. The molecule has 3 aliphatic heterocycles. The maximum Gasteiger partial charge on any atom is 0.409 e. The molecule has 224 valence electrons. The number of carbonyl (C=O) groups is 2. The summed E-state index contributed by atoms with van der Waals surface area (Å²) in [5.74, 6) is -1.64. The van der Waals surface area contributed by atoms with Crippen molar-refractivity contribution >= 4 is 27.8 Å². The second kappa shape index (κ2) is 12.1. The van der Waals surface area contributed by atoms with Crippen molar-refractivity contribution in [1.82, 2.24) is 14.1 Å². The topological polar surface area (TPSA) is 144 Å². The van der Waals surface area contributed by atoms with E-state index in [0.717, 1.165) is 24.3 Å². The number of aryl methyl sites for hydroxylation is 1. The number of carboxylic acids is 1. The standard InChI is InChI=1S/C28H39N5O7S/c1-21-14-22(17-29)2-3-25(21)31-4-6-33(7-5-31)41(37,38)20-28(26(34)35)15-23-18-32(19-24(23)16-28)27(36)40-13-10-30-8-11-39-12-9-30/h2-3,14,23-24H,4-13,15-16,18-20H2,1H3,(H,34,35)/t23-,24-/m1/s1. The van der Waals surface area contributed by atoms with Crippen molar-refractivity contribution < 1.29 is 32.6 Å². The highest BCUT2D eigenvalue weighted by Crippen LogP contribution is 2.50. The van der Waals surface area contributed by atoms with Gasteiger partial charge in [-0.3, -0.25) is 9.69 Å². The highest BCUT2D eigenvalue weighted by molar-refractivity contribution is 7.89. The molecule has 1 saturated carbocycles. The Kier molecular flexibility index (Phi) is 8.75. The van der Waals surface area contributed by atoms with Crippen molar-refractivity contribution in [3.63, 3.8) is 0 Å². The SMILES string of the molecule is Cc1cc(C#N)ccc1N1CCN(S(=O)(=O)CC2(C(=O)O)C[C@@H]3CN(C(=O)OCCN4CCOCC4)C[C@H]3C2)CC1. The predicted octanol–water partition coefficient (Wildman–Crippen LogP) is 1.20. The minimum absolute atomic E-state index is 0.0655. The number of carbonyl (C=O) groups excluding carboxylic acids is 1. The summed E-state index contributed by atoms with van der Waals surface area (Å²) in [4.78, 5) is 31.1. The molecule has 41 heavy (non-hydrogen) atoms. The van der Waals surface area contributed by atoms with Crippen LogP contribution in [0.25, 0.3) is 0 Å². The van der Waals surface area contributed by atoms with Crippen LogP contribution in [0.1, 0.15) is 24.0 Å². The van der Waals surface area contributed by atoms with Crippen molar-refractivity contribution in [1.29, 1.82) is 5.26 Å². The van der Waals surface area contributed by atoms with E-state index in [1.807, 2.05) is 19.1 Å². The number of hydrogen-bond donors (Lipinski definition) is 1. The smallest absolute Gasteiger partial charge is 0.409 e. The number of rotatable bonds is 8. The van der Waals surface area contributed by atoms with Gasteiger partial charge in [0.05, 0.1) is 36.0 Å². The number of carboxylic acid groups (broad SMARTS) is 1. The molecule has 0 aromatic heterocycles. The van der Waals surface area contributed by atoms with Crippen LogP contribution in [-0.2, 0) is 24.3 Å². The molecule has 5 rings (SSSR count). The minimum Gasteiger partial charge on any atom is -0.481 e. The molecule has 0 spiro atoms. The third-order valence-corrected chi connectivity index (χ3v) is 11.2. The molecule has 3 saturated heterocycles. The van der Waals surface area contributed by atoms with Crippen LogP contribution >= 0.6 is 0 Å². The van der Waals surface area contributed by atoms with Crippen molar-refractivity contribution in [3.05, 3.63) is 29.3 Å². The highest BCUT2D eigenvalue weighted by Gasteiger charge is 2.56. The molecule has 0 radical (unpaired) electrons. The number of benzene rings is 1. The first-order valence-corrected chi connectivity index (χ1v) is 15.9. The van der Waals surface area contributed by atoms with Crippen molar-refractivity contribution in [2.75, 3.05) is 89.4 Å². The van der Waals surface area contributed by atoms with Crippen molar-refractivity contribution in [2.45, 2.75) is 19.8 Å². The summed E-state index contributed by atoms with van der Waals surface area (Å²) in [5, 5.41) is 19.3. The second-order valence-electron chi connectivity index (χ2n) is 11.7. The number of nitrogens with zero attached hydrogens (tertiary/aromatic N) is 5. The number of amides is 1. The van der Waals surface area contributed by atoms with Gasteiger partial charge in [0.1, 0.15) is 6.61 Å². The second-order valence-corrected chi connectivity index (χ2v) is 13.7. The van der Waals surface area contributed by atoms with E-state index in [9.17, 15) is 23.1 Å². The molecule has 1 aromatic carbocycles. The van der Waals surface area contributed by atoms with Gasteiger partial charge in [0.25, 0.3) is 0 Å². The lowest BCUT2D eigenvalue weighted by Gasteiger charge is -2.37. The van der Waals surface area contributed by atoms with E-state index < -0.39 is 33.3 Å². The van der Waals surface area contributed by atoms with Crippen LogP contribution in [-0.4, -0.2) is 124 Å². The Balaban J connectivity index is 1.14. The molecule has 13 heteroatoms. The zero-order valence-electron chi connectivity index (χ0n) is 23.5. The molecule has 0 bridgehead atoms. The number of likely N-dealkylation sites (tertiary alicyclic amines) is 1. The van der Waals surface area contributed by atoms with Gasteiger partial charge in [-0.05, 0) is 55.4 Å². The van der Waals surface area contributed by atoms with Crippen LogP contribution in [0.15, 0.2) is 18.2 Å². The fraction of sp³-hybridized carbons (Fsp3) is 0.679. The Morgan fingerprint density at radius 1 is 1.10 bits per heavy atom. The number of nitriles is 1. The molecular formula is C28H39N5O7S.